The van der Waals surface area contributed by atoms with Gasteiger partial charge in [-0.15, -0.1) is 0 Å². The molecule has 2 N–H and O–H groups in total. The van der Waals surface area contributed by atoms with Crippen LogP contribution in [0, 0.1) is 0 Å². The number of hydrogen-bond acceptors (Lipinski definition) is 2. The number of aliphatic carboxylic acids is 1. The minimum atomic E-state index is -0.855. The smallest absolute Gasteiger partial charge is 0.305 e. The van der Waals surface area contributed by atoms with Crippen molar-refractivity contribution in [2.75, 3.05) is 5.32 Å². The summed E-state index contributed by atoms with van der Waals surface area (Å²) in [4.78, 5) is 11.3. The number of hydrogen-bond donors (Lipinski definition) is 2. The lowest BCUT2D eigenvalue weighted by atomic mass is 9.99. The molecule has 3 nitrogen and oxygen atoms in total. The Labute approximate surface area is 151 Å². The summed E-state index contributed by atoms with van der Waals surface area (Å²) in [5, 5.41) is 13.1. The molecule has 4 heteroatoms. The molecule has 0 aromatic heterocycles. The van der Waals surface area contributed by atoms with Gasteiger partial charge in [0.05, 0.1) is 12.5 Å². The van der Waals surface area contributed by atoms with Crippen LogP contribution in [0.4, 0.5) is 5.69 Å². The first-order valence-corrected chi connectivity index (χ1v) is 8.39. The molecule has 0 fully saturated rings. The zero-order valence-corrected chi connectivity index (χ0v) is 14.3. The van der Waals surface area contributed by atoms with Gasteiger partial charge in [0.2, 0.25) is 0 Å². The first-order valence-electron chi connectivity index (χ1n) is 8.01. The molecule has 0 saturated heterocycles. The lowest BCUT2D eigenvalue weighted by Gasteiger charge is -2.19. The predicted octanol–water partition coefficient (Wildman–Crippen LogP) is 5.63. The van der Waals surface area contributed by atoms with Crippen LogP contribution in [0.3, 0.4) is 0 Å². The van der Waals surface area contributed by atoms with Crippen molar-refractivity contribution in [1.82, 2.24) is 0 Å². The van der Waals surface area contributed by atoms with E-state index in [4.69, 9.17) is 11.6 Å². The highest BCUT2D eigenvalue weighted by molar-refractivity contribution is 6.30. The summed E-state index contributed by atoms with van der Waals surface area (Å²) in [6.07, 6.45) is -0.0167. The molecule has 0 amide bonds. The highest BCUT2D eigenvalue weighted by atomic mass is 35.5. The number of nitrogens with one attached hydrogen (secondary N) is 1. The van der Waals surface area contributed by atoms with E-state index < -0.39 is 5.97 Å². The van der Waals surface area contributed by atoms with Crippen LogP contribution >= 0.6 is 11.6 Å². The molecular formula is C21H18ClNO2. The summed E-state index contributed by atoms with van der Waals surface area (Å²) >= 11 is 6.01. The van der Waals surface area contributed by atoms with Gasteiger partial charge in [-0.2, -0.15) is 0 Å². The largest absolute Gasteiger partial charge is 0.481 e. The maximum Gasteiger partial charge on any atom is 0.305 e. The zero-order valence-electron chi connectivity index (χ0n) is 13.5. The fourth-order valence-electron chi connectivity index (χ4n) is 2.74. The second kappa shape index (κ2) is 7.86. The van der Waals surface area contributed by atoms with Crippen LogP contribution in [-0.4, -0.2) is 11.1 Å². The van der Waals surface area contributed by atoms with Crippen LogP contribution in [0.1, 0.15) is 18.0 Å². The molecule has 1 unspecified atom stereocenters. The molecule has 3 aromatic carbocycles. The number of rotatable bonds is 6. The Kier molecular flexibility index (Phi) is 5.36. The van der Waals surface area contributed by atoms with Gasteiger partial charge in [0.25, 0.3) is 0 Å². The first kappa shape index (κ1) is 17.1. The maximum atomic E-state index is 11.3. The van der Waals surface area contributed by atoms with Crippen molar-refractivity contribution in [1.29, 1.82) is 0 Å². The second-order valence-corrected chi connectivity index (χ2v) is 6.23. The van der Waals surface area contributed by atoms with E-state index >= 15 is 0 Å². The molecular weight excluding hydrogens is 334 g/mol. The van der Waals surface area contributed by atoms with Gasteiger partial charge in [-0.05, 0) is 34.9 Å². The summed E-state index contributed by atoms with van der Waals surface area (Å²) in [6, 6.07) is 25.0. The molecule has 0 saturated carbocycles. The number of carbonyl (C=O) groups is 1. The average Bonchev–Trinajstić information content (AvgIpc) is 2.62. The standard InChI is InChI=1S/C21H18ClNO2/c22-18-7-4-8-19(13-18)23-20(14-21(24)25)17-11-9-16(10-12-17)15-5-2-1-3-6-15/h1-13,20,23H,14H2,(H,24,25). The van der Waals surface area contributed by atoms with Gasteiger partial charge < -0.3 is 10.4 Å². The van der Waals surface area contributed by atoms with Gasteiger partial charge in [0.15, 0.2) is 0 Å². The van der Waals surface area contributed by atoms with E-state index in [-0.39, 0.29) is 12.5 Å². The summed E-state index contributed by atoms with van der Waals surface area (Å²) in [6.45, 7) is 0. The number of carboxylic acids is 1. The normalized spacial score (nSPS) is 11.7. The molecule has 0 bridgehead atoms. The van der Waals surface area contributed by atoms with Crippen LogP contribution < -0.4 is 5.32 Å². The SMILES string of the molecule is O=C(O)CC(Nc1cccc(Cl)c1)c1ccc(-c2ccccc2)cc1. The van der Waals surface area contributed by atoms with Crippen LogP contribution in [0.15, 0.2) is 78.9 Å². The van der Waals surface area contributed by atoms with Crippen molar-refractivity contribution in [3.8, 4) is 11.1 Å². The van der Waals surface area contributed by atoms with E-state index in [1.54, 1.807) is 12.1 Å². The van der Waals surface area contributed by atoms with Crippen LogP contribution in [-0.2, 0) is 4.79 Å². The fraction of sp³-hybridized carbons (Fsp3) is 0.0952. The molecule has 0 spiro atoms. The molecule has 25 heavy (non-hydrogen) atoms. The van der Waals surface area contributed by atoms with Gasteiger partial charge in [-0.3, -0.25) is 4.79 Å². The van der Waals surface area contributed by atoms with E-state index in [1.165, 1.54) is 0 Å². The molecule has 3 aromatic rings. The molecule has 0 aliphatic carbocycles. The molecule has 126 valence electrons. The average molecular weight is 352 g/mol. The predicted molar refractivity (Wildman–Crippen MR) is 102 cm³/mol. The first-order chi connectivity index (χ1) is 12.1. The van der Waals surface area contributed by atoms with Crippen molar-refractivity contribution < 1.29 is 9.90 Å². The third-order valence-electron chi connectivity index (χ3n) is 3.96. The summed E-state index contributed by atoms with van der Waals surface area (Å²) in [5.41, 5.74) is 3.95. The molecule has 3 rings (SSSR count). The lowest BCUT2D eigenvalue weighted by Crippen LogP contribution is -2.15. The molecule has 1 atom stereocenters. The summed E-state index contributed by atoms with van der Waals surface area (Å²) in [7, 11) is 0. The molecule has 0 aliphatic heterocycles. The van der Waals surface area contributed by atoms with E-state index in [9.17, 15) is 9.90 Å². The van der Waals surface area contributed by atoms with E-state index in [0.717, 1.165) is 22.4 Å². The van der Waals surface area contributed by atoms with Gasteiger partial charge >= 0.3 is 5.97 Å². The van der Waals surface area contributed by atoms with Gasteiger partial charge in [0.1, 0.15) is 0 Å². The summed E-state index contributed by atoms with van der Waals surface area (Å²) in [5.74, 6) is -0.855. The van der Waals surface area contributed by atoms with E-state index in [0.29, 0.717) is 5.02 Å². The molecule has 0 aliphatic rings. The Hall–Kier alpha value is -2.78. The highest BCUT2D eigenvalue weighted by Gasteiger charge is 2.16. The summed E-state index contributed by atoms with van der Waals surface area (Å²) < 4.78 is 0. The van der Waals surface area contributed by atoms with Gasteiger partial charge in [-0.1, -0.05) is 72.3 Å². The quantitative estimate of drug-likeness (QED) is 0.604. The van der Waals surface area contributed by atoms with Gasteiger partial charge in [-0.25, -0.2) is 0 Å². The molecule has 0 radical (unpaired) electrons. The minimum absolute atomic E-state index is 0.0167. The highest BCUT2D eigenvalue weighted by Crippen LogP contribution is 2.27. The number of benzene rings is 3. The fourth-order valence-corrected chi connectivity index (χ4v) is 2.94. The topological polar surface area (TPSA) is 49.3 Å². The van der Waals surface area contributed by atoms with Crippen LogP contribution in [0.2, 0.25) is 5.02 Å². The number of halogens is 1. The number of anilines is 1. The Morgan fingerprint density at radius 2 is 1.60 bits per heavy atom. The maximum absolute atomic E-state index is 11.3. The van der Waals surface area contributed by atoms with Crippen molar-refractivity contribution in [2.45, 2.75) is 12.5 Å². The van der Waals surface area contributed by atoms with Gasteiger partial charge in [0, 0.05) is 10.7 Å². The number of carboxylic acid groups (broad SMARTS) is 1. The molecule has 0 heterocycles. The Morgan fingerprint density at radius 3 is 2.24 bits per heavy atom. The van der Waals surface area contributed by atoms with Crippen molar-refractivity contribution in [2.24, 2.45) is 0 Å². The Bertz CT molecular complexity index is 847. The third kappa shape index (κ3) is 4.61. The van der Waals surface area contributed by atoms with Crippen molar-refractivity contribution in [3.05, 3.63) is 89.4 Å². The Morgan fingerprint density at radius 1 is 0.920 bits per heavy atom. The van der Waals surface area contributed by atoms with Crippen LogP contribution in [0.5, 0.6) is 0 Å². The van der Waals surface area contributed by atoms with Crippen molar-refractivity contribution >= 4 is 23.3 Å². The van der Waals surface area contributed by atoms with E-state index in [1.807, 2.05) is 66.7 Å². The minimum Gasteiger partial charge on any atom is -0.481 e. The van der Waals surface area contributed by atoms with Crippen LogP contribution in [0.25, 0.3) is 11.1 Å². The Balaban J connectivity index is 1.84. The lowest BCUT2D eigenvalue weighted by molar-refractivity contribution is -0.137. The van der Waals surface area contributed by atoms with Crippen molar-refractivity contribution in [3.63, 3.8) is 0 Å². The second-order valence-electron chi connectivity index (χ2n) is 5.79. The van der Waals surface area contributed by atoms with E-state index in [2.05, 4.69) is 5.32 Å². The monoisotopic (exact) mass is 351 g/mol. The third-order valence-corrected chi connectivity index (χ3v) is 4.20. The zero-order chi connectivity index (χ0) is 17.6.